The van der Waals surface area contributed by atoms with Crippen molar-refractivity contribution < 1.29 is 19.1 Å². The minimum atomic E-state index is -0.747. The van der Waals surface area contributed by atoms with E-state index >= 15 is 0 Å². The summed E-state index contributed by atoms with van der Waals surface area (Å²) >= 11 is 0. The van der Waals surface area contributed by atoms with E-state index < -0.39 is 17.8 Å². The fraction of sp³-hybridized carbons (Fsp3) is 0.292. The number of rotatable bonds is 5. The van der Waals surface area contributed by atoms with Crippen LogP contribution in [0.3, 0.4) is 0 Å². The lowest BCUT2D eigenvalue weighted by atomic mass is 9.94. The predicted molar refractivity (Wildman–Crippen MR) is 117 cm³/mol. The third-order valence-electron chi connectivity index (χ3n) is 5.08. The van der Waals surface area contributed by atoms with Crippen LogP contribution in [0.4, 0.5) is 10.5 Å². The second kappa shape index (κ2) is 8.53. The van der Waals surface area contributed by atoms with Crippen LogP contribution in [-0.2, 0) is 9.59 Å². The second-order valence-corrected chi connectivity index (χ2v) is 7.58. The summed E-state index contributed by atoms with van der Waals surface area (Å²) in [7, 11) is 0. The zero-order chi connectivity index (χ0) is 22.0. The van der Waals surface area contributed by atoms with Gasteiger partial charge in [0, 0.05) is 0 Å². The molecule has 6 heteroatoms. The summed E-state index contributed by atoms with van der Waals surface area (Å²) in [5.41, 5.74) is 3.72. The van der Waals surface area contributed by atoms with E-state index in [9.17, 15) is 14.4 Å². The normalized spacial score (nSPS) is 15.7. The van der Waals surface area contributed by atoms with Gasteiger partial charge in [-0.15, -0.1) is 0 Å². The number of anilines is 1. The largest absolute Gasteiger partial charge is 0.494 e. The number of imide groups is 2. The number of nitrogens with zero attached hydrogens (tertiary/aromatic N) is 1. The van der Waals surface area contributed by atoms with Gasteiger partial charge in [0.25, 0.3) is 11.8 Å². The number of carbonyl (C=O) groups is 3. The fourth-order valence-electron chi connectivity index (χ4n) is 3.45. The zero-order valence-corrected chi connectivity index (χ0v) is 17.9. The number of nitrogens with one attached hydrogen (secondary N) is 1. The summed E-state index contributed by atoms with van der Waals surface area (Å²) in [6, 6.07) is 10.2. The number of barbiturate groups is 1. The second-order valence-electron chi connectivity index (χ2n) is 7.58. The minimum Gasteiger partial charge on any atom is -0.494 e. The van der Waals surface area contributed by atoms with Crippen molar-refractivity contribution in [2.75, 3.05) is 11.5 Å². The van der Waals surface area contributed by atoms with Crippen LogP contribution in [0.25, 0.3) is 6.08 Å². The van der Waals surface area contributed by atoms with E-state index in [0.717, 1.165) is 32.9 Å². The summed E-state index contributed by atoms with van der Waals surface area (Å²) in [6.07, 6.45) is 1.55. The highest BCUT2D eigenvalue weighted by Crippen LogP contribution is 2.32. The number of amides is 4. The molecular weight excluding hydrogens is 380 g/mol. The predicted octanol–water partition coefficient (Wildman–Crippen LogP) is 4.49. The number of hydrogen-bond donors (Lipinski definition) is 1. The van der Waals surface area contributed by atoms with Crippen molar-refractivity contribution in [3.8, 4) is 5.75 Å². The highest BCUT2D eigenvalue weighted by atomic mass is 16.5. The number of benzene rings is 2. The molecule has 30 heavy (non-hydrogen) atoms. The minimum absolute atomic E-state index is 0.0835. The van der Waals surface area contributed by atoms with E-state index in [1.807, 2.05) is 32.0 Å². The quantitative estimate of drug-likeness (QED) is 0.586. The van der Waals surface area contributed by atoms with Gasteiger partial charge in [0.05, 0.1) is 12.3 Å². The molecule has 6 nitrogen and oxygen atoms in total. The molecule has 0 spiro atoms. The molecule has 3 rings (SSSR count). The Morgan fingerprint density at radius 2 is 1.77 bits per heavy atom. The molecule has 0 unspecified atom stereocenters. The highest BCUT2D eigenvalue weighted by Gasteiger charge is 2.37. The zero-order valence-electron chi connectivity index (χ0n) is 17.9. The lowest BCUT2D eigenvalue weighted by Crippen LogP contribution is -2.54. The molecule has 0 bridgehead atoms. The third kappa shape index (κ3) is 3.99. The molecule has 2 aromatic rings. The van der Waals surface area contributed by atoms with Gasteiger partial charge in [-0.1, -0.05) is 32.0 Å². The van der Waals surface area contributed by atoms with Crippen molar-refractivity contribution in [3.63, 3.8) is 0 Å². The maximum Gasteiger partial charge on any atom is 0.335 e. The first-order chi connectivity index (χ1) is 14.2. The summed E-state index contributed by atoms with van der Waals surface area (Å²) in [6.45, 7) is 10.3. The van der Waals surface area contributed by atoms with E-state index in [2.05, 4.69) is 19.2 Å². The Morgan fingerprint density at radius 1 is 1.07 bits per heavy atom. The van der Waals surface area contributed by atoms with Gasteiger partial charge in [0.2, 0.25) is 0 Å². The fourth-order valence-corrected chi connectivity index (χ4v) is 3.45. The maximum absolute atomic E-state index is 13.2. The number of carbonyl (C=O) groups excluding carboxylic acids is 3. The van der Waals surface area contributed by atoms with Crippen molar-refractivity contribution >= 4 is 29.6 Å². The molecule has 0 aromatic heterocycles. The summed E-state index contributed by atoms with van der Waals surface area (Å²) < 4.78 is 5.75. The van der Waals surface area contributed by atoms with Crippen LogP contribution in [0.1, 0.15) is 48.9 Å². The lowest BCUT2D eigenvalue weighted by molar-refractivity contribution is -0.122. The van der Waals surface area contributed by atoms with Gasteiger partial charge < -0.3 is 4.74 Å². The first-order valence-corrected chi connectivity index (χ1v) is 9.99. The first kappa shape index (κ1) is 21.3. The third-order valence-corrected chi connectivity index (χ3v) is 5.08. The first-order valence-electron chi connectivity index (χ1n) is 9.99. The van der Waals surface area contributed by atoms with E-state index in [1.54, 1.807) is 31.2 Å². The molecule has 1 fully saturated rings. The van der Waals surface area contributed by atoms with Gasteiger partial charge in [-0.2, -0.15) is 0 Å². The Labute approximate surface area is 176 Å². The van der Waals surface area contributed by atoms with E-state index in [1.165, 1.54) is 0 Å². The van der Waals surface area contributed by atoms with Crippen molar-refractivity contribution in [2.45, 2.75) is 40.5 Å². The molecule has 0 saturated carbocycles. The monoisotopic (exact) mass is 406 g/mol. The molecule has 0 aliphatic carbocycles. The van der Waals surface area contributed by atoms with Crippen LogP contribution in [0, 0.1) is 13.8 Å². The van der Waals surface area contributed by atoms with Crippen molar-refractivity contribution in [3.05, 3.63) is 64.2 Å². The van der Waals surface area contributed by atoms with E-state index in [0.29, 0.717) is 12.3 Å². The van der Waals surface area contributed by atoms with Crippen LogP contribution in [0.15, 0.2) is 42.0 Å². The molecule has 1 saturated heterocycles. The van der Waals surface area contributed by atoms with Gasteiger partial charge in [-0.05, 0) is 73.2 Å². The lowest BCUT2D eigenvalue weighted by Gasteiger charge is -2.27. The van der Waals surface area contributed by atoms with Crippen LogP contribution < -0.4 is 15.0 Å². The molecule has 1 heterocycles. The van der Waals surface area contributed by atoms with E-state index in [4.69, 9.17) is 4.74 Å². The Kier molecular flexibility index (Phi) is 6.06. The molecule has 4 amide bonds. The van der Waals surface area contributed by atoms with Gasteiger partial charge in [0.15, 0.2) is 0 Å². The van der Waals surface area contributed by atoms with Crippen LogP contribution in [0.2, 0.25) is 0 Å². The molecule has 2 aromatic carbocycles. The number of ether oxygens (including phenoxy) is 1. The van der Waals surface area contributed by atoms with Gasteiger partial charge in [0.1, 0.15) is 11.3 Å². The summed E-state index contributed by atoms with van der Waals surface area (Å²) in [5.74, 6) is -0.347. The van der Waals surface area contributed by atoms with Crippen LogP contribution >= 0.6 is 0 Å². The van der Waals surface area contributed by atoms with Crippen LogP contribution in [-0.4, -0.2) is 24.5 Å². The molecule has 1 aliphatic rings. The highest BCUT2D eigenvalue weighted by molar-refractivity contribution is 6.39. The molecule has 1 N–H and O–H groups in total. The molecule has 0 radical (unpaired) electrons. The SMILES string of the molecule is CCOc1cc(C)c(/C=C2\C(=O)NC(=O)N(c3ccccc3C)C2=O)cc1C(C)C. The van der Waals surface area contributed by atoms with Crippen LogP contribution in [0.5, 0.6) is 5.75 Å². The van der Waals surface area contributed by atoms with Gasteiger partial charge in [-0.3, -0.25) is 14.9 Å². The van der Waals surface area contributed by atoms with Crippen molar-refractivity contribution in [1.29, 1.82) is 0 Å². The summed E-state index contributed by atoms with van der Waals surface area (Å²) in [4.78, 5) is 39.1. The maximum atomic E-state index is 13.2. The average molecular weight is 406 g/mol. The average Bonchev–Trinajstić information content (AvgIpc) is 2.67. The molecule has 156 valence electrons. The van der Waals surface area contributed by atoms with Gasteiger partial charge in [-0.25, -0.2) is 9.69 Å². The molecular formula is C24H26N2O4. The Morgan fingerprint density at radius 3 is 2.40 bits per heavy atom. The van der Waals surface area contributed by atoms with E-state index in [-0.39, 0.29) is 11.5 Å². The molecule has 0 atom stereocenters. The smallest absolute Gasteiger partial charge is 0.335 e. The van der Waals surface area contributed by atoms with Gasteiger partial charge >= 0.3 is 6.03 Å². The molecule has 1 aliphatic heterocycles. The number of urea groups is 1. The standard InChI is InChI=1S/C24H26N2O4/c1-6-30-21-11-16(5)17(12-18(21)14(2)3)13-19-22(27)25-24(29)26(23(19)28)20-10-8-7-9-15(20)4/h7-14H,6H2,1-5H3,(H,25,27,29)/b19-13+. The Bertz CT molecular complexity index is 1050. The summed E-state index contributed by atoms with van der Waals surface area (Å²) in [5, 5.41) is 2.28. The Balaban J connectivity index is 2.09. The number of aryl methyl sites for hydroxylation is 2. The topological polar surface area (TPSA) is 75.7 Å². The van der Waals surface area contributed by atoms with Crippen molar-refractivity contribution in [1.82, 2.24) is 5.32 Å². The number of para-hydroxylation sites is 1. The number of hydrogen-bond acceptors (Lipinski definition) is 4. The van der Waals surface area contributed by atoms with Crippen molar-refractivity contribution in [2.24, 2.45) is 0 Å². The Hall–Kier alpha value is -3.41.